The molecule has 23 heavy (non-hydrogen) atoms. The van der Waals surface area contributed by atoms with E-state index in [1.165, 1.54) is 0 Å². The molecule has 0 aliphatic carbocycles. The van der Waals surface area contributed by atoms with Gasteiger partial charge < -0.3 is 10.2 Å². The van der Waals surface area contributed by atoms with E-state index in [0.717, 1.165) is 11.3 Å². The zero-order chi connectivity index (χ0) is 16.7. The number of nitrogens with zero attached hydrogens (tertiary/aromatic N) is 1. The van der Waals surface area contributed by atoms with Crippen molar-refractivity contribution in [1.82, 2.24) is 4.90 Å². The lowest BCUT2D eigenvalue weighted by Gasteiger charge is -2.27. The Balaban J connectivity index is 1.90. The maximum absolute atomic E-state index is 12.5. The van der Waals surface area contributed by atoms with E-state index >= 15 is 0 Å². The summed E-state index contributed by atoms with van der Waals surface area (Å²) in [5.74, 6) is 0.142. The van der Waals surface area contributed by atoms with Gasteiger partial charge in [0.15, 0.2) is 0 Å². The van der Waals surface area contributed by atoms with Crippen LogP contribution in [-0.4, -0.2) is 23.4 Å². The second-order valence-electron chi connectivity index (χ2n) is 5.76. The number of hydrogen-bond acceptors (Lipinski definition) is 2. The molecule has 0 radical (unpaired) electrons. The molecule has 0 aliphatic heterocycles. The average Bonchev–Trinajstić information content (AvgIpc) is 2.55. The molecule has 0 bridgehead atoms. The summed E-state index contributed by atoms with van der Waals surface area (Å²) in [6, 6.07) is 17.8. The predicted molar refractivity (Wildman–Crippen MR) is 96.7 cm³/mol. The number of anilines is 1. The third-order valence-corrected chi connectivity index (χ3v) is 4.00. The SMILES string of the molecule is CC(C)N(Cc1ccccc1)C(=O)CCNc1ccccc1Cl. The summed E-state index contributed by atoms with van der Waals surface area (Å²) in [6.45, 7) is 5.30. The van der Waals surface area contributed by atoms with Crippen LogP contribution in [0.3, 0.4) is 0 Å². The van der Waals surface area contributed by atoms with Gasteiger partial charge in [-0.25, -0.2) is 0 Å². The van der Waals surface area contributed by atoms with E-state index in [1.54, 1.807) is 0 Å². The van der Waals surface area contributed by atoms with Gasteiger partial charge in [-0.05, 0) is 31.5 Å². The van der Waals surface area contributed by atoms with E-state index in [1.807, 2.05) is 73.3 Å². The lowest BCUT2D eigenvalue weighted by atomic mass is 10.1. The highest BCUT2D eigenvalue weighted by atomic mass is 35.5. The van der Waals surface area contributed by atoms with E-state index in [-0.39, 0.29) is 11.9 Å². The van der Waals surface area contributed by atoms with Gasteiger partial charge >= 0.3 is 0 Å². The van der Waals surface area contributed by atoms with Crippen molar-refractivity contribution in [1.29, 1.82) is 0 Å². The highest BCUT2D eigenvalue weighted by Crippen LogP contribution is 2.20. The molecule has 4 heteroatoms. The maximum atomic E-state index is 12.5. The first-order chi connectivity index (χ1) is 11.1. The molecule has 0 unspecified atom stereocenters. The Kier molecular flexibility index (Phi) is 6.48. The number of rotatable bonds is 7. The van der Waals surface area contributed by atoms with Crippen LogP contribution in [0, 0.1) is 0 Å². The summed E-state index contributed by atoms with van der Waals surface area (Å²) < 4.78 is 0. The standard InChI is InChI=1S/C19H23ClN2O/c1-15(2)22(14-16-8-4-3-5-9-16)19(23)12-13-21-18-11-7-6-10-17(18)20/h3-11,15,21H,12-14H2,1-2H3. The maximum Gasteiger partial charge on any atom is 0.224 e. The Morgan fingerprint density at radius 2 is 1.74 bits per heavy atom. The highest BCUT2D eigenvalue weighted by Gasteiger charge is 2.16. The fourth-order valence-corrected chi connectivity index (χ4v) is 2.59. The minimum Gasteiger partial charge on any atom is -0.383 e. The van der Waals surface area contributed by atoms with Crippen LogP contribution in [0.15, 0.2) is 54.6 Å². The van der Waals surface area contributed by atoms with Crippen LogP contribution in [0.4, 0.5) is 5.69 Å². The third-order valence-electron chi connectivity index (χ3n) is 3.67. The molecule has 0 saturated carbocycles. The number of carbonyl (C=O) groups is 1. The summed E-state index contributed by atoms with van der Waals surface area (Å²) in [5.41, 5.74) is 2.01. The van der Waals surface area contributed by atoms with Crippen LogP contribution in [-0.2, 0) is 11.3 Å². The van der Waals surface area contributed by atoms with Crippen LogP contribution in [0.2, 0.25) is 5.02 Å². The Bertz CT molecular complexity index is 628. The molecule has 0 aliphatic rings. The van der Waals surface area contributed by atoms with E-state index in [9.17, 15) is 4.79 Å². The Morgan fingerprint density at radius 1 is 1.09 bits per heavy atom. The molecule has 0 atom stereocenters. The second-order valence-corrected chi connectivity index (χ2v) is 6.16. The van der Waals surface area contributed by atoms with Gasteiger partial charge in [0.1, 0.15) is 0 Å². The quantitative estimate of drug-likeness (QED) is 0.806. The molecule has 1 N–H and O–H groups in total. The normalized spacial score (nSPS) is 10.6. The van der Waals surface area contributed by atoms with Crippen LogP contribution in [0.1, 0.15) is 25.8 Å². The van der Waals surface area contributed by atoms with Crippen molar-refractivity contribution in [2.75, 3.05) is 11.9 Å². The van der Waals surface area contributed by atoms with Crippen molar-refractivity contribution in [3.8, 4) is 0 Å². The fourth-order valence-electron chi connectivity index (χ4n) is 2.39. The Hall–Kier alpha value is -2.00. The molecule has 122 valence electrons. The smallest absolute Gasteiger partial charge is 0.224 e. The first-order valence-corrected chi connectivity index (χ1v) is 8.27. The van der Waals surface area contributed by atoms with Crippen LogP contribution < -0.4 is 5.32 Å². The van der Waals surface area contributed by atoms with Crippen molar-refractivity contribution < 1.29 is 4.79 Å². The molecule has 1 amide bonds. The molecule has 2 aromatic carbocycles. The number of para-hydroxylation sites is 1. The predicted octanol–water partition coefficient (Wildman–Crippen LogP) is 4.58. The van der Waals surface area contributed by atoms with Gasteiger partial charge in [-0.1, -0.05) is 54.1 Å². The average molecular weight is 331 g/mol. The van der Waals surface area contributed by atoms with E-state index in [2.05, 4.69) is 5.32 Å². The zero-order valence-corrected chi connectivity index (χ0v) is 14.4. The topological polar surface area (TPSA) is 32.3 Å². The van der Waals surface area contributed by atoms with Crippen molar-refractivity contribution in [2.24, 2.45) is 0 Å². The van der Waals surface area contributed by atoms with Gasteiger partial charge in [0.25, 0.3) is 0 Å². The van der Waals surface area contributed by atoms with Gasteiger partial charge in [0.05, 0.1) is 10.7 Å². The number of halogens is 1. The first kappa shape index (κ1) is 17.4. The number of carbonyl (C=O) groups excluding carboxylic acids is 1. The third kappa shape index (κ3) is 5.29. The molecule has 2 aromatic rings. The van der Waals surface area contributed by atoms with Crippen LogP contribution in [0.25, 0.3) is 0 Å². The van der Waals surface area contributed by atoms with E-state index in [4.69, 9.17) is 11.6 Å². The molecule has 2 rings (SSSR count). The number of benzene rings is 2. The first-order valence-electron chi connectivity index (χ1n) is 7.89. The summed E-state index contributed by atoms with van der Waals surface area (Å²) >= 11 is 6.10. The summed E-state index contributed by atoms with van der Waals surface area (Å²) in [6.07, 6.45) is 0.441. The summed E-state index contributed by atoms with van der Waals surface area (Å²) in [7, 11) is 0. The fraction of sp³-hybridized carbons (Fsp3) is 0.316. The monoisotopic (exact) mass is 330 g/mol. The van der Waals surface area contributed by atoms with Gasteiger partial charge in [-0.3, -0.25) is 4.79 Å². The zero-order valence-electron chi connectivity index (χ0n) is 13.6. The van der Waals surface area contributed by atoms with E-state index in [0.29, 0.717) is 24.5 Å². The molecule has 3 nitrogen and oxygen atoms in total. The van der Waals surface area contributed by atoms with Crippen molar-refractivity contribution >= 4 is 23.2 Å². The van der Waals surface area contributed by atoms with Gasteiger partial charge in [-0.2, -0.15) is 0 Å². The molecule has 0 fully saturated rings. The Morgan fingerprint density at radius 3 is 2.39 bits per heavy atom. The molecule has 0 heterocycles. The van der Waals surface area contributed by atoms with Crippen LogP contribution in [0.5, 0.6) is 0 Å². The molecular weight excluding hydrogens is 308 g/mol. The van der Waals surface area contributed by atoms with Gasteiger partial charge in [0.2, 0.25) is 5.91 Å². The molecular formula is C19H23ClN2O. The summed E-state index contributed by atoms with van der Waals surface area (Å²) in [5, 5.41) is 3.89. The number of hydrogen-bond donors (Lipinski definition) is 1. The van der Waals surface area contributed by atoms with Crippen molar-refractivity contribution in [3.05, 3.63) is 65.2 Å². The lowest BCUT2D eigenvalue weighted by molar-refractivity contribution is -0.133. The van der Waals surface area contributed by atoms with Gasteiger partial charge in [-0.15, -0.1) is 0 Å². The van der Waals surface area contributed by atoms with Crippen molar-refractivity contribution in [3.63, 3.8) is 0 Å². The minimum absolute atomic E-state index is 0.142. The second kappa shape index (κ2) is 8.59. The molecule has 0 saturated heterocycles. The lowest BCUT2D eigenvalue weighted by Crippen LogP contribution is -2.37. The van der Waals surface area contributed by atoms with Crippen LogP contribution >= 0.6 is 11.6 Å². The highest BCUT2D eigenvalue weighted by molar-refractivity contribution is 6.33. The van der Waals surface area contributed by atoms with Crippen molar-refractivity contribution in [2.45, 2.75) is 32.9 Å². The summed E-state index contributed by atoms with van der Waals surface area (Å²) in [4.78, 5) is 14.4. The minimum atomic E-state index is 0.142. The number of nitrogens with one attached hydrogen (secondary N) is 1. The molecule has 0 aromatic heterocycles. The Labute approximate surface area is 143 Å². The number of amides is 1. The molecule has 0 spiro atoms. The van der Waals surface area contributed by atoms with Gasteiger partial charge in [0, 0.05) is 25.6 Å². The van der Waals surface area contributed by atoms with E-state index < -0.39 is 0 Å². The largest absolute Gasteiger partial charge is 0.383 e.